The Balaban J connectivity index is 1.54. The molecule has 138 valence electrons. The van der Waals surface area contributed by atoms with E-state index in [9.17, 15) is 5.11 Å². The number of nitrogens with one attached hydrogen (secondary N) is 1. The van der Waals surface area contributed by atoms with Gasteiger partial charge in [-0.2, -0.15) is 4.98 Å². The fourth-order valence-corrected chi connectivity index (χ4v) is 3.35. The second-order valence-electron chi connectivity index (χ2n) is 7.39. The molecule has 0 saturated heterocycles. The van der Waals surface area contributed by atoms with Gasteiger partial charge in [-0.15, -0.1) is 5.10 Å². The smallest absolute Gasteiger partial charge is 0.226 e. The first-order chi connectivity index (χ1) is 11.9. The summed E-state index contributed by atoms with van der Waals surface area (Å²) in [6, 6.07) is 0.650. The molecule has 0 aliphatic heterocycles. The van der Waals surface area contributed by atoms with Gasteiger partial charge in [0.2, 0.25) is 5.89 Å². The van der Waals surface area contributed by atoms with Gasteiger partial charge in [0, 0.05) is 12.5 Å². The Hall–Kier alpha value is -1.80. The van der Waals surface area contributed by atoms with E-state index in [4.69, 9.17) is 4.52 Å². The van der Waals surface area contributed by atoms with Crippen LogP contribution in [0.2, 0.25) is 0 Å². The first-order valence-electron chi connectivity index (χ1n) is 9.11. The van der Waals surface area contributed by atoms with E-state index in [1.807, 2.05) is 17.8 Å². The lowest BCUT2D eigenvalue weighted by Gasteiger charge is -2.32. The fourth-order valence-electron chi connectivity index (χ4n) is 3.35. The van der Waals surface area contributed by atoms with E-state index in [1.165, 1.54) is 12.8 Å². The molecule has 0 radical (unpaired) electrons. The normalized spacial score (nSPS) is 21.6. The van der Waals surface area contributed by atoms with Gasteiger partial charge in [-0.05, 0) is 46.6 Å². The van der Waals surface area contributed by atoms with Crippen molar-refractivity contribution in [2.24, 2.45) is 0 Å². The number of aliphatic hydroxyl groups is 1. The van der Waals surface area contributed by atoms with Crippen LogP contribution in [0.15, 0.2) is 10.7 Å². The summed E-state index contributed by atoms with van der Waals surface area (Å²) in [6.45, 7) is 6.20. The summed E-state index contributed by atoms with van der Waals surface area (Å²) in [6.07, 6.45) is 8.25. The first-order valence-corrected chi connectivity index (χ1v) is 9.11. The van der Waals surface area contributed by atoms with E-state index in [1.54, 1.807) is 13.8 Å². The van der Waals surface area contributed by atoms with Crippen LogP contribution in [0, 0.1) is 6.92 Å². The van der Waals surface area contributed by atoms with Crippen LogP contribution < -0.4 is 5.32 Å². The van der Waals surface area contributed by atoms with Gasteiger partial charge in [-0.3, -0.25) is 0 Å². The number of nitrogens with zero attached hydrogens (tertiary/aromatic N) is 5. The van der Waals surface area contributed by atoms with Gasteiger partial charge in [0.25, 0.3) is 0 Å². The molecule has 0 bridgehead atoms. The predicted molar refractivity (Wildman–Crippen MR) is 91.9 cm³/mol. The SMILES string of the molecule is Cc1noc(CCCN[C@H]2CCCC[C@H]2n2cc(C(C)(C)O)nn2)n1. The number of hydrogen-bond acceptors (Lipinski definition) is 7. The van der Waals surface area contributed by atoms with Crippen molar-refractivity contribution in [3.8, 4) is 0 Å². The highest BCUT2D eigenvalue weighted by molar-refractivity contribution is 5.04. The molecular weight excluding hydrogens is 320 g/mol. The van der Waals surface area contributed by atoms with Gasteiger partial charge >= 0.3 is 0 Å². The van der Waals surface area contributed by atoms with E-state index in [0.29, 0.717) is 23.5 Å². The minimum atomic E-state index is -0.960. The molecule has 3 rings (SSSR count). The zero-order valence-electron chi connectivity index (χ0n) is 15.3. The molecule has 0 unspecified atom stereocenters. The van der Waals surface area contributed by atoms with Crippen LogP contribution >= 0.6 is 0 Å². The Bertz CT molecular complexity index is 675. The average molecular weight is 348 g/mol. The molecule has 2 heterocycles. The topological polar surface area (TPSA) is 102 Å². The molecule has 1 saturated carbocycles. The molecule has 2 atom stereocenters. The van der Waals surface area contributed by atoms with E-state index < -0.39 is 5.60 Å². The Kier molecular flexibility index (Phi) is 5.48. The Morgan fingerprint density at radius 1 is 1.36 bits per heavy atom. The van der Waals surface area contributed by atoms with Crippen LogP contribution in [0.4, 0.5) is 0 Å². The summed E-state index contributed by atoms with van der Waals surface area (Å²) < 4.78 is 7.07. The molecule has 2 N–H and O–H groups in total. The number of aromatic nitrogens is 5. The molecule has 2 aromatic rings. The van der Waals surface area contributed by atoms with Crippen molar-refractivity contribution in [2.45, 2.75) is 77.0 Å². The van der Waals surface area contributed by atoms with Crippen LogP contribution in [0.25, 0.3) is 0 Å². The quantitative estimate of drug-likeness (QED) is 0.737. The molecule has 0 spiro atoms. The minimum Gasteiger partial charge on any atom is -0.384 e. The highest BCUT2D eigenvalue weighted by Gasteiger charge is 2.29. The highest BCUT2D eigenvalue weighted by Crippen LogP contribution is 2.29. The van der Waals surface area contributed by atoms with E-state index in [0.717, 1.165) is 32.2 Å². The fraction of sp³-hybridized carbons (Fsp3) is 0.765. The van der Waals surface area contributed by atoms with Crippen molar-refractivity contribution >= 4 is 0 Å². The maximum Gasteiger partial charge on any atom is 0.226 e. The molecule has 8 nitrogen and oxygen atoms in total. The Morgan fingerprint density at radius 3 is 2.84 bits per heavy atom. The Labute approximate surface area is 148 Å². The van der Waals surface area contributed by atoms with E-state index >= 15 is 0 Å². The van der Waals surface area contributed by atoms with Crippen LogP contribution in [0.3, 0.4) is 0 Å². The standard InChI is InChI=1S/C17H28N6O2/c1-12-19-16(25-21-12)9-6-10-18-13-7-4-5-8-14(13)23-11-15(20-22-23)17(2,3)24/h11,13-14,18,24H,4-10H2,1-3H3/t13-,14+/m0/s1. The zero-order valence-corrected chi connectivity index (χ0v) is 15.3. The number of hydrogen-bond donors (Lipinski definition) is 2. The molecular formula is C17H28N6O2. The summed E-state index contributed by atoms with van der Waals surface area (Å²) in [4.78, 5) is 4.23. The monoisotopic (exact) mass is 348 g/mol. The molecule has 1 aliphatic carbocycles. The van der Waals surface area contributed by atoms with Crippen molar-refractivity contribution in [2.75, 3.05) is 6.54 Å². The van der Waals surface area contributed by atoms with Crippen LogP contribution in [-0.4, -0.2) is 42.8 Å². The predicted octanol–water partition coefficient (Wildman–Crippen LogP) is 1.90. The maximum absolute atomic E-state index is 10.1. The highest BCUT2D eigenvalue weighted by atomic mass is 16.5. The van der Waals surface area contributed by atoms with Crippen molar-refractivity contribution in [3.05, 3.63) is 23.6 Å². The van der Waals surface area contributed by atoms with Crippen molar-refractivity contribution in [1.82, 2.24) is 30.5 Å². The van der Waals surface area contributed by atoms with E-state index in [2.05, 4.69) is 25.8 Å². The number of rotatable bonds is 7. The summed E-state index contributed by atoms with van der Waals surface area (Å²) >= 11 is 0. The minimum absolute atomic E-state index is 0.281. The lowest BCUT2D eigenvalue weighted by atomic mass is 9.90. The van der Waals surface area contributed by atoms with Crippen molar-refractivity contribution in [3.63, 3.8) is 0 Å². The summed E-state index contributed by atoms with van der Waals surface area (Å²) in [5, 5.41) is 26.0. The molecule has 8 heteroatoms. The second-order valence-corrected chi connectivity index (χ2v) is 7.39. The molecule has 2 aromatic heterocycles. The second kappa shape index (κ2) is 7.61. The lowest BCUT2D eigenvalue weighted by molar-refractivity contribution is 0.0736. The maximum atomic E-state index is 10.1. The van der Waals surface area contributed by atoms with Crippen molar-refractivity contribution < 1.29 is 9.63 Å². The average Bonchev–Trinajstić information content (AvgIpc) is 3.21. The van der Waals surface area contributed by atoms with E-state index in [-0.39, 0.29) is 6.04 Å². The third-order valence-electron chi connectivity index (χ3n) is 4.75. The van der Waals surface area contributed by atoms with Gasteiger partial charge in [-0.1, -0.05) is 23.2 Å². The van der Waals surface area contributed by atoms with Gasteiger partial charge < -0.3 is 14.9 Å². The Morgan fingerprint density at radius 2 is 2.16 bits per heavy atom. The molecule has 1 fully saturated rings. The van der Waals surface area contributed by atoms with Crippen LogP contribution in [0.1, 0.15) is 69.4 Å². The lowest BCUT2D eigenvalue weighted by Crippen LogP contribution is -2.40. The van der Waals surface area contributed by atoms with Crippen molar-refractivity contribution in [1.29, 1.82) is 0 Å². The molecule has 25 heavy (non-hydrogen) atoms. The summed E-state index contributed by atoms with van der Waals surface area (Å²) in [5.41, 5.74) is -0.346. The molecule has 1 aliphatic rings. The number of aryl methyl sites for hydroxylation is 2. The van der Waals surface area contributed by atoms with Crippen LogP contribution in [0.5, 0.6) is 0 Å². The van der Waals surface area contributed by atoms with Gasteiger partial charge in [0.15, 0.2) is 5.82 Å². The molecule has 0 amide bonds. The van der Waals surface area contributed by atoms with Gasteiger partial charge in [-0.25, -0.2) is 4.68 Å². The third kappa shape index (κ3) is 4.64. The first kappa shape index (κ1) is 18.0. The largest absolute Gasteiger partial charge is 0.384 e. The van der Waals surface area contributed by atoms with Crippen LogP contribution in [-0.2, 0) is 12.0 Å². The van der Waals surface area contributed by atoms with Gasteiger partial charge in [0.1, 0.15) is 11.3 Å². The summed E-state index contributed by atoms with van der Waals surface area (Å²) in [7, 11) is 0. The molecule has 0 aromatic carbocycles. The van der Waals surface area contributed by atoms with Gasteiger partial charge in [0.05, 0.1) is 12.2 Å². The zero-order chi connectivity index (χ0) is 17.9. The summed E-state index contributed by atoms with van der Waals surface area (Å²) in [5.74, 6) is 1.38. The third-order valence-corrected chi connectivity index (χ3v) is 4.75.